The van der Waals surface area contributed by atoms with E-state index >= 15 is 0 Å². The highest BCUT2D eigenvalue weighted by Crippen LogP contribution is 2.31. The molecule has 3 nitrogen and oxygen atoms in total. The van der Waals surface area contributed by atoms with Crippen LogP contribution in [0.3, 0.4) is 0 Å². The largest absolute Gasteiger partial charge is 0.398 e. The summed E-state index contributed by atoms with van der Waals surface area (Å²) in [6.45, 7) is 1.90. The molecule has 0 spiro atoms. The molecule has 1 heterocycles. The van der Waals surface area contributed by atoms with E-state index in [1.807, 2.05) is 30.8 Å². The van der Waals surface area contributed by atoms with Crippen LogP contribution in [0.5, 0.6) is 0 Å². The maximum Gasteiger partial charge on any atom is 0.0855 e. The lowest BCUT2D eigenvalue weighted by molar-refractivity contribution is 0.727. The topological polar surface area (TPSA) is 43.8 Å². The lowest BCUT2D eigenvalue weighted by atomic mass is 10.3. The Morgan fingerprint density at radius 2 is 2.11 bits per heavy atom. The monoisotopic (exact) mass is 301 g/mol. The second-order valence-electron chi connectivity index (χ2n) is 3.94. The first-order valence-corrected chi connectivity index (χ1v) is 7.09. The molecule has 0 aliphatic rings. The van der Waals surface area contributed by atoms with E-state index in [2.05, 4.69) is 5.10 Å². The lowest BCUT2D eigenvalue weighted by Gasteiger charge is -2.05. The first kappa shape index (κ1) is 13.6. The van der Waals surface area contributed by atoms with Gasteiger partial charge in [0.25, 0.3) is 0 Å². The zero-order valence-electron chi connectivity index (χ0n) is 10.1. The van der Waals surface area contributed by atoms with Gasteiger partial charge in [0.05, 0.1) is 27.1 Å². The number of benzene rings is 1. The quantitative estimate of drug-likeness (QED) is 0.690. The van der Waals surface area contributed by atoms with Gasteiger partial charge in [-0.15, -0.1) is 11.8 Å². The molecule has 0 bridgehead atoms. The van der Waals surface area contributed by atoms with Crippen molar-refractivity contribution in [2.45, 2.75) is 17.6 Å². The number of thioether (sulfide) groups is 1. The van der Waals surface area contributed by atoms with Gasteiger partial charge in [-0.2, -0.15) is 5.10 Å². The molecule has 1 aromatic heterocycles. The lowest BCUT2D eigenvalue weighted by Crippen LogP contribution is -1.96. The Kier molecular flexibility index (Phi) is 4.10. The third-order valence-electron chi connectivity index (χ3n) is 2.61. The summed E-state index contributed by atoms with van der Waals surface area (Å²) >= 11 is 13.8. The van der Waals surface area contributed by atoms with Crippen LogP contribution in [0.2, 0.25) is 10.0 Å². The Bertz CT molecular complexity index is 581. The molecular formula is C12H13Cl2N3S. The van der Waals surface area contributed by atoms with Gasteiger partial charge in [0.15, 0.2) is 0 Å². The van der Waals surface area contributed by atoms with Crippen LogP contribution in [0.4, 0.5) is 5.69 Å². The summed E-state index contributed by atoms with van der Waals surface area (Å²) in [5.41, 5.74) is 8.12. The van der Waals surface area contributed by atoms with Gasteiger partial charge in [0, 0.05) is 17.7 Å². The second-order valence-corrected chi connectivity index (χ2v) is 5.78. The van der Waals surface area contributed by atoms with Crippen LogP contribution in [-0.4, -0.2) is 9.78 Å². The average molecular weight is 302 g/mol. The van der Waals surface area contributed by atoms with Gasteiger partial charge in [-0.1, -0.05) is 23.2 Å². The Balaban J connectivity index is 2.14. The minimum atomic E-state index is 0.576. The van der Waals surface area contributed by atoms with Gasteiger partial charge < -0.3 is 5.73 Å². The van der Waals surface area contributed by atoms with Crippen LogP contribution in [0.15, 0.2) is 23.1 Å². The predicted molar refractivity (Wildman–Crippen MR) is 78.4 cm³/mol. The highest BCUT2D eigenvalue weighted by atomic mass is 35.5. The number of hydrogen-bond donors (Lipinski definition) is 1. The summed E-state index contributed by atoms with van der Waals surface area (Å²) in [7, 11) is 1.89. The van der Waals surface area contributed by atoms with E-state index in [1.165, 1.54) is 0 Å². The van der Waals surface area contributed by atoms with Gasteiger partial charge in [0.2, 0.25) is 0 Å². The van der Waals surface area contributed by atoms with Crippen molar-refractivity contribution in [3.05, 3.63) is 39.6 Å². The van der Waals surface area contributed by atoms with Crippen LogP contribution < -0.4 is 5.73 Å². The Hall–Kier alpha value is -0.840. The standard InChI is InChI=1S/C12H13Cl2N3S/c1-7-12(14)11(17(2)16-7)6-18-8-3-4-10(15)9(13)5-8/h3-5H,6,15H2,1-2H3. The minimum absolute atomic E-state index is 0.576. The normalized spacial score (nSPS) is 10.9. The molecule has 0 aliphatic heterocycles. The number of halogens is 2. The molecule has 0 radical (unpaired) electrons. The van der Waals surface area contributed by atoms with Crippen molar-refractivity contribution >= 4 is 40.7 Å². The predicted octanol–water partition coefficient (Wildman–Crippen LogP) is 3.91. The van der Waals surface area contributed by atoms with Crippen LogP contribution in [0.25, 0.3) is 0 Å². The van der Waals surface area contributed by atoms with Gasteiger partial charge in [-0.3, -0.25) is 4.68 Å². The zero-order valence-corrected chi connectivity index (χ0v) is 12.4. The van der Waals surface area contributed by atoms with Crippen molar-refractivity contribution in [1.82, 2.24) is 9.78 Å². The smallest absolute Gasteiger partial charge is 0.0855 e. The van der Waals surface area contributed by atoms with Crippen molar-refractivity contribution in [3.63, 3.8) is 0 Å². The molecule has 2 N–H and O–H groups in total. The molecule has 18 heavy (non-hydrogen) atoms. The van der Waals surface area contributed by atoms with E-state index in [9.17, 15) is 0 Å². The van der Waals surface area contributed by atoms with E-state index < -0.39 is 0 Å². The number of anilines is 1. The molecular weight excluding hydrogens is 289 g/mol. The van der Waals surface area contributed by atoms with Crippen LogP contribution in [0.1, 0.15) is 11.4 Å². The number of aromatic nitrogens is 2. The molecule has 0 atom stereocenters. The maximum atomic E-state index is 6.19. The first-order chi connectivity index (χ1) is 8.49. The molecule has 0 aliphatic carbocycles. The molecule has 0 saturated carbocycles. The van der Waals surface area contributed by atoms with E-state index in [0.717, 1.165) is 27.1 Å². The molecule has 0 unspecified atom stereocenters. The van der Waals surface area contributed by atoms with Crippen LogP contribution >= 0.6 is 35.0 Å². The third-order valence-corrected chi connectivity index (χ3v) is 4.43. The fourth-order valence-electron chi connectivity index (χ4n) is 1.59. The minimum Gasteiger partial charge on any atom is -0.398 e. The van der Waals surface area contributed by atoms with Gasteiger partial charge in [-0.05, 0) is 25.1 Å². The van der Waals surface area contributed by atoms with E-state index in [1.54, 1.807) is 17.8 Å². The van der Waals surface area contributed by atoms with Gasteiger partial charge >= 0.3 is 0 Å². The molecule has 0 amide bonds. The number of rotatable bonds is 3. The number of nitrogens with zero attached hydrogens (tertiary/aromatic N) is 2. The molecule has 2 rings (SSSR count). The van der Waals surface area contributed by atoms with Crippen LogP contribution in [-0.2, 0) is 12.8 Å². The number of nitrogens with two attached hydrogens (primary N) is 1. The highest BCUT2D eigenvalue weighted by molar-refractivity contribution is 7.98. The fourth-order valence-corrected chi connectivity index (χ4v) is 3.14. The zero-order chi connectivity index (χ0) is 13.3. The van der Waals surface area contributed by atoms with E-state index in [0.29, 0.717) is 10.7 Å². The second kappa shape index (κ2) is 5.43. The van der Waals surface area contributed by atoms with Crippen LogP contribution in [0, 0.1) is 6.92 Å². The number of hydrogen-bond acceptors (Lipinski definition) is 3. The summed E-state index contributed by atoms with van der Waals surface area (Å²) in [5.74, 6) is 0.746. The molecule has 1 aromatic carbocycles. The third kappa shape index (κ3) is 2.76. The summed E-state index contributed by atoms with van der Waals surface area (Å²) in [6.07, 6.45) is 0. The molecule has 96 valence electrons. The summed E-state index contributed by atoms with van der Waals surface area (Å²) in [4.78, 5) is 1.06. The Labute approximate surface area is 120 Å². The average Bonchev–Trinajstić information content (AvgIpc) is 2.56. The molecule has 2 aromatic rings. The van der Waals surface area contributed by atoms with E-state index in [4.69, 9.17) is 28.9 Å². The summed E-state index contributed by atoms with van der Waals surface area (Å²) < 4.78 is 1.81. The van der Waals surface area contributed by atoms with Gasteiger partial charge in [-0.25, -0.2) is 0 Å². The molecule has 0 fully saturated rings. The van der Waals surface area contributed by atoms with E-state index in [-0.39, 0.29) is 0 Å². The number of aryl methyl sites for hydroxylation is 2. The van der Waals surface area contributed by atoms with Crippen molar-refractivity contribution in [2.24, 2.45) is 7.05 Å². The van der Waals surface area contributed by atoms with Crippen molar-refractivity contribution in [3.8, 4) is 0 Å². The summed E-state index contributed by atoms with van der Waals surface area (Å²) in [6, 6.07) is 5.61. The molecule has 0 saturated heterocycles. The first-order valence-electron chi connectivity index (χ1n) is 5.35. The van der Waals surface area contributed by atoms with Crippen molar-refractivity contribution in [2.75, 3.05) is 5.73 Å². The number of nitrogen functional groups attached to an aromatic ring is 1. The Morgan fingerprint density at radius 3 is 2.67 bits per heavy atom. The fraction of sp³-hybridized carbons (Fsp3) is 0.250. The molecule has 6 heteroatoms. The Morgan fingerprint density at radius 1 is 1.39 bits per heavy atom. The maximum absolute atomic E-state index is 6.19. The highest BCUT2D eigenvalue weighted by Gasteiger charge is 2.11. The summed E-state index contributed by atoms with van der Waals surface area (Å²) in [5, 5.41) is 5.58. The van der Waals surface area contributed by atoms with Crippen molar-refractivity contribution in [1.29, 1.82) is 0 Å². The van der Waals surface area contributed by atoms with Crippen molar-refractivity contribution < 1.29 is 0 Å². The SMILES string of the molecule is Cc1nn(C)c(CSc2ccc(N)c(Cl)c2)c1Cl. The van der Waals surface area contributed by atoms with Gasteiger partial charge in [0.1, 0.15) is 0 Å².